The molecule has 1 atom stereocenters. The Bertz CT molecular complexity index is 374. The van der Waals surface area contributed by atoms with Gasteiger partial charge in [0.25, 0.3) is 0 Å². The summed E-state index contributed by atoms with van der Waals surface area (Å²) in [5.74, 6) is 0. The molecule has 0 fully saturated rings. The molecule has 0 heterocycles. The van der Waals surface area contributed by atoms with Crippen molar-refractivity contribution in [2.75, 3.05) is 6.54 Å². The zero-order valence-electron chi connectivity index (χ0n) is 11.0. The van der Waals surface area contributed by atoms with Gasteiger partial charge in [0, 0.05) is 15.0 Å². The Morgan fingerprint density at radius 1 is 1.24 bits per heavy atom. The number of halogens is 2. The molecule has 0 saturated heterocycles. The number of hydrogen-bond donors (Lipinski definition) is 1. The van der Waals surface area contributed by atoms with Crippen molar-refractivity contribution in [1.29, 1.82) is 0 Å². The highest BCUT2D eigenvalue weighted by molar-refractivity contribution is 9.11. The van der Waals surface area contributed by atoms with Gasteiger partial charge >= 0.3 is 0 Å². The summed E-state index contributed by atoms with van der Waals surface area (Å²) in [5, 5.41) is 3.61. The fourth-order valence-corrected chi connectivity index (χ4v) is 2.81. The Hall–Kier alpha value is 0.140. The van der Waals surface area contributed by atoms with Crippen LogP contribution in [0.15, 0.2) is 27.1 Å². The maximum atomic E-state index is 3.66. The highest BCUT2D eigenvalue weighted by Crippen LogP contribution is 2.40. The second-order valence-electron chi connectivity index (χ2n) is 5.00. The van der Waals surface area contributed by atoms with Crippen molar-refractivity contribution in [1.82, 2.24) is 5.32 Å². The van der Waals surface area contributed by atoms with E-state index >= 15 is 0 Å². The lowest BCUT2D eigenvalue weighted by atomic mass is 9.78. The van der Waals surface area contributed by atoms with Crippen molar-refractivity contribution in [3.63, 3.8) is 0 Å². The van der Waals surface area contributed by atoms with Gasteiger partial charge in [-0.15, -0.1) is 0 Å². The van der Waals surface area contributed by atoms with E-state index in [9.17, 15) is 0 Å². The van der Waals surface area contributed by atoms with E-state index in [1.54, 1.807) is 0 Å². The summed E-state index contributed by atoms with van der Waals surface area (Å²) in [6.07, 6.45) is 1.14. The summed E-state index contributed by atoms with van der Waals surface area (Å²) in [4.78, 5) is 0. The van der Waals surface area contributed by atoms with Crippen molar-refractivity contribution in [2.24, 2.45) is 5.41 Å². The molecule has 1 aromatic rings. The summed E-state index contributed by atoms with van der Waals surface area (Å²) in [6.45, 7) is 10.0. The molecule has 1 N–H and O–H groups in total. The lowest BCUT2D eigenvalue weighted by Crippen LogP contribution is -2.34. The van der Waals surface area contributed by atoms with Gasteiger partial charge in [0.2, 0.25) is 0 Å². The second kappa shape index (κ2) is 6.35. The van der Waals surface area contributed by atoms with Crippen molar-refractivity contribution >= 4 is 31.9 Å². The van der Waals surface area contributed by atoms with Crippen LogP contribution in [0.4, 0.5) is 0 Å². The van der Waals surface area contributed by atoms with E-state index in [1.807, 2.05) is 0 Å². The third kappa shape index (κ3) is 3.80. The van der Waals surface area contributed by atoms with E-state index in [2.05, 4.69) is 83.1 Å². The van der Waals surface area contributed by atoms with Crippen molar-refractivity contribution in [3.05, 3.63) is 32.7 Å². The summed E-state index contributed by atoms with van der Waals surface area (Å²) in [5.41, 5.74) is 1.56. The van der Waals surface area contributed by atoms with E-state index in [0.29, 0.717) is 6.04 Å². The highest BCUT2D eigenvalue weighted by Gasteiger charge is 2.29. The van der Waals surface area contributed by atoms with Gasteiger partial charge in [-0.3, -0.25) is 0 Å². The Morgan fingerprint density at radius 3 is 2.41 bits per heavy atom. The fraction of sp³-hybridized carbons (Fsp3) is 0.571. The first kappa shape index (κ1) is 15.2. The van der Waals surface area contributed by atoms with Crippen LogP contribution in [0, 0.1) is 5.41 Å². The molecular weight excluding hydrogens is 342 g/mol. The van der Waals surface area contributed by atoms with E-state index in [1.165, 1.54) is 10.0 Å². The first-order valence-corrected chi connectivity index (χ1v) is 7.69. The Kier molecular flexibility index (Phi) is 5.68. The molecule has 0 aliphatic carbocycles. The van der Waals surface area contributed by atoms with Gasteiger partial charge in [-0.05, 0) is 42.1 Å². The summed E-state index contributed by atoms with van der Waals surface area (Å²) in [7, 11) is 0. The van der Waals surface area contributed by atoms with Crippen molar-refractivity contribution < 1.29 is 0 Å². The van der Waals surface area contributed by atoms with Crippen LogP contribution in [0.3, 0.4) is 0 Å². The maximum absolute atomic E-state index is 3.66. The smallest absolute Gasteiger partial charge is 0.0383 e. The molecular formula is C14H21Br2N. The van der Waals surface area contributed by atoms with Gasteiger partial charge in [-0.25, -0.2) is 0 Å². The molecule has 1 rings (SSSR count). The lowest BCUT2D eigenvalue weighted by molar-refractivity contribution is 0.236. The third-order valence-corrected chi connectivity index (χ3v) is 4.59. The molecule has 1 nitrogen and oxygen atoms in total. The van der Waals surface area contributed by atoms with Crippen LogP contribution in [-0.2, 0) is 0 Å². The topological polar surface area (TPSA) is 12.0 Å². The zero-order valence-corrected chi connectivity index (χ0v) is 14.2. The summed E-state index contributed by atoms with van der Waals surface area (Å²) in [6, 6.07) is 6.74. The minimum atomic E-state index is 0.235. The normalized spacial score (nSPS) is 13.8. The van der Waals surface area contributed by atoms with Gasteiger partial charge < -0.3 is 5.32 Å². The number of benzene rings is 1. The standard InChI is InChI=1S/C14H21Br2N/c1-5-14(3,4)13(17-6-2)11-9-10(15)7-8-12(11)16/h7-9,13,17H,5-6H2,1-4H3. The van der Waals surface area contributed by atoms with E-state index in [0.717, 1.165) is 17.4 Å². The largest absolute Gasteiger partial charge is 0.310 e. The Balaban J connectivity index is 3.17. The quantitative estimate of drug-likeness (QED) is 0.749. The average molecular weight is 363 g/mol. The number of rotatable bonds is 5. The molecule has 1 aromatic carbocycles. The first-order chi connectivity index (χ1) is 7.92. The maximum Gasteiger partial charge on any atom is 0.0383 e. The fourth-order valence-electron chi connectivity index (χ4n) is 1.95. The van der Waals surface area contributed by atoms with Gasteiger partial charge in [-0.2, -0.15) is 0 Å². The first-order valence-electron chi connectivity index (χ1n) is 6.10. The van der Waals surface area contributed by atoms with Crippen LogP contribution < -0.4 is 5.32 Å². The minimum Gasteiger partial charge on any atom is -0.310 e. The SMILES string of the molecule is CCNC(c1cc(Br)ccc1Br)C(C)(C)CC. The molecule has 0 spiro atoms. The average Bonchev–Trinajstić information content (AvgIpc) is 2.29. The molecule has 0 radical (unpaired) electrons. The number of nitrogens with one attached hydrogen (secondary N) is 1. The van der Waals surface area contributed by atoms with Crippen LogP contribution in [-0.4, -0.2) is 6.54 Å². The Labute approximate surface area is 122 Å². The Morgan fingerprint density at radius 2 is 1.88 bits per heavy atom. The van der Waals surface area contributed by atoms with Crippen LogP contribution in [0.25, 0.3) is 0 Å². The van der Waals surface area contributed by atoms with E-state index in [-0.39, 0.29) is 5.41 Å². The van der Waals surface area contributed by atoms with Crippen LogP contribution >= 0.6 is 31.9 Å². The zero-order chi connectivity index (χ0) is 13.1. The minimum absolute atomic E-state index is 0.235. The molecule has 0 aliphatic heterocycles. The molecule has 1 unspecified atom stereocenters. The summed E-state index contributed by atoms with van der Waals surface area (Å²) < 4.78 is 2.30. The van der Waals surface area contributed by atoms with E-state index in [4.69, 9.17) is 0 Å². The molecule has 0 aromatic heterocycles. The molecule has 0 aliphatic rings. The van der Waals surface area contributed by atoms with E-state index < -0.39 is 0 Å². The van der Waals surface area contributed by atoms with Gasteiger partial charge in [0.1, 0.15) is 0 Å². The molecule has 96 valence electrons. The monoisotopic (exact) mass is 361 g/mol. The third-order valence-electron chi connectivity index (χ3n) is 3.37. The molecule has 0 bridgehead atoms. The van der Waals surface area contributed by atoms with Crippen LogP contribution in [0.1, 0.15) is 45.7 Å². The van der Waals surface area contributed by atoms with Crippen molar-refractivity contribution in [2.45, 2.75) is 40.2 Å². The second-order valence-corrected chi connectivity index (χ2v) is 6.77. The van der Waals surface area contributed by atoms with Gasteiger partial charge in [0.05, 0.1) is 0 Å². The molecule has 0 amide bonds. The van der Waals surface area contributed by atoms with Gasteiger partial charge in [-0.1, -0.05) is 59.6 Å². The highest BCUT2D eigenvalue weighted by atomic mass is 79.9. The predicted molar refractivity (Wildman–Crippen MR) is 82.3 cm³/mol. The van der Waals surface area contributed by atoms with Crippen LogP contribution in [0.2, 0.25) is 0 Å². The lowest BCUT2D eigenvalue weighted by Gasteiger charge is -2.35. The van der Waals surface area contributed by atoms with Crippen molar-refractivity contribution in [3.8, 4) is 0 Å². The predicted octanol–water partition coefficient (Wildman–Crippen LogP) is 5.30. The molecule has 17 heavy (non-hydrogen) atoms. The molecule has 3 heteroatoms. The number of hydrogen-bond acceptors (Lipinski definition) is 1. The van der Waals surface area contributed by atoms with Gasteiger partial charge in [0.15, 0.2) is 0 Å². The van der Waals surface area contributed by atoms with Crippen LogP contribution in [0.5, 0.6) is 0 Å². The summed E-state index contributed by atoms with van der Waals surface area (Å²) >= 11 is 7.22. The molecule has 0 saturated carbocycles.